The summed E-state index contributed by atoms with van der Waals surface area (Å²) >= 11 is 0. The van der Waals surface area contributed by atoms with E-state index in [1.54, 1.807) is 0 Å². The van der Waals surface area contributed by atoms with Crippen molar-refractivity contribution in [2.45, 2.75) is 52.0 Å². The fourth-order valence-electron chi connectivity index (χ4n) is 2.21. The van der Waals surface area contributed by atoms with Gasteiger partial charge in [-0.1, -0.05) is 0 Å². The molecule has 1 heterocycles. The van der Waals surface area contributed by atoms with E-state index in [2.05, 4.69) is 35.1 Å². The van der Waals surface area contributed by atoms with Gasteiger partial charge in [0, 0.05) is 31.1 Å². The van der Waals surface area contributed by atoms with Crippen LogP contribution in [-0.2, 0) is 0 Å². The summed E-state index contributed by atoms with van der Waals surface area (Å²) in [6.07, 6.45) is 2.87. The number of anilines is 2. The lowest BCUT2D eigenvalue weighted by Gasteiger charge is -2.27. The van der Waals surface area contributed by atoms with Gasteiger partial charge in [0.1, 0.15) is 17.5 Å². The lowest BCUT2D eigenvalue weighted by molar-refractivity contribution is 0.686. The smallest absolute Gasteiger partial charge is 0.137 e. The van der Waals surface area contributed by atoms with Gasteiger partial charge in [0.2, 0.25) is 0 Å². The first-order chi connectivity index (χ1) is 9.58. The Hall–Kier alpha value is -1.83. The van der Waals surface area contributed by atoms with Crippen molar-refractivity contribution in [1.82, 2.24) is 9.97 Å². The van der Waals surface area contributed by atoms with Crippen LogP contribution in [-0.4, -0.2) is 29.6 Å². The summed E-state index contributed by atoms with van der Waals surface area (Å²) in [5.74, 6) is 3.33. The molecule has 0 amide bonds. The molecular weight excluding hydrogens is 250 g/mol. The summed E-state index contributed by atoms with van der Waals surface area (Å²) in [6.45, 7) is 7.01. The fraction of sp³-hybridized carbons (Fsp3) is 0.667. The molecule has 2 rings (SSSR count). The molecule has 1 unspecified atom stereocenters. The van der Waals surface area contributed by atoms with Crippen molar-refractivity contribution in [2.24, 2.45) is 0 Å². The highest BCUT2D eigenvalue weighted by Gasteiger charge is 2.29. The molecule has 5 nitrogen and oxygen atoms in total. The second-order valence-corrected chi connectivity index (χ2v) is 5.51. The largest absolute Gasteiger partial charge is 0.370 e. The lowest BCUT2D eigenvalue weighted by atomic mass is 10.2. The van der Waals surface area contributed by atoms with E-state index in [9.17, 15) is 0 Å². The quantitative estimate of drug-likeness (QED) is 0.863. The van der Waals surface area contributed by atoms with Crippen LogP contribution in [0.4, 0.5) is 11.6 Å². The minimum atomic E-state index is 0.148. The first-order valence-electron chi connectivity index (χ1n) is 7.30. The van der Waals surface area contributed by atoms with E-state index in [-0.39, 0.29) is 6.04 Å². The first-order valence-corrected chi connectivity index (χ1v) is 7.30. The average Bonchev–Trinajstić information content (AvgIpc) is 3.25. The van der Waals surface area contributed by atoms with Crippen LogP contribution in [0.15, 0.2) is 0 Å². The minimum Gasteiger partial charge on any atom is -0.370 e. The van der Waals surface area contributed by atoms with E-state index in [4.69, 9.17) is 10.2 Å². The molecule has 0 saturated heterocycles. The average molecular weight is 273 g/mol. The molecule has 1 atom stereocenters. The maximum absolute atomic E-state index is 8.87. The lowest BCUT2D eigenvalue weighted by Crippen LogP contribution is -2.30. The summed E-state index contributed by atoms with van der Waals surface area (Å²) in [4.78, 5) is 11.5. The van der Waals surface area contributed by atoms with Crippen LogP contribution in [0, 0.1) is 18.3 Å². The zero-order chi connectivity index (χ0) is 14.7. The predicted molar refractivity (Wildman–Crippen MR) is 81.0 cm³/mol. The highest BCUT2D eigenvalue weighted by atomic mass is 15.2. The number of nitrogens with one attached hydrogen (secondary N) is 1. The van der Waals surface area contributed by atoms with Crippen molar-refractivity contribution in [3.05, 3.63) is 11.4 Å². The van der Waals surface area contributed by atoms with E-state index < -0.39 is 0 Å². The molecule has 1 aromatic rings. The maximum Gasteiger partial charge on any atom is 0.137 e. The van der Waals surface area contributed by atoms with Crippen LogP contribution in [0.5, 0.6) is 0 Å². The SMILES string of the molecule is CCNc1nc(C2CC2)nc(N(C)C(C)CC#N)c1C. The molecule has 108 valence electrons. The van der Waals surface area contributed by atoms with Crippen molar-refractivity contribution in [3.63, 3.8) is 0 Å². The van der Waals surface area contributed by atoms with Crippen molar-refractivity contribution < 1.29 is 0 Å². The molecule has 1 N–H and O–H groups in total. The third-order valence-electron chi connectivity index (χ3n) is 3.81. The third kappa shape index (κ3) is 3.01. The van der Waals surface area contributed by atoms with Gasteiger partial charge in [-0.15, -0.1) is 0 Å². The first kappa shape index (κ1) is 14.6. The van der Waals surface area contributed by atoms with Gasteiger partial charge in [0.05, 0.1) is 12.5 Å². The van der Waals surface area contributed by atoms with Crippen molar-refractivity contribution in [3.8, 4) is 6.07 Å². The summed E-state index contributed by atoms with van der Waals surface area (Å²) < 4.78 is 0. The Balaban J connectivity index is 2.37. The molecular formula is C15H23N5. The van der Waals surface area contributed by atoms with Crippen LogP contribution in [0.1, 0.15) is 50.4 Å². The predicted octanol–water partition coefficient (Wildman–Crippen LogP) is 2.83. The zero-order valence-electron chi connectivity index (χ0n) is 12.8. The molecule has 1 aromatic heterocycles. The van der Waals surface area contributed by atoms with E-state index in [0.717, 1.165) is 29.6 Å². The van der Waals surface area contributed by atoms with Gasteiger partial charge in [-0.3, -0.25) is 0 Å². The second kappa shape index (κ2) is 6.08. The van der Waals surface area contributed by atoms with Crippen LogP contribution in [0.25, 0.3) is 0 Å². The Kier molecular flexibility index (Phi) is 4.43. The van der Waals surface area contributed by atoms with Crippen molar-refractivity contribution >= 4 is 11.6 Å². The normalized spacial score (nSPS) is 15.6. The van der Waals surface area contributed by atoms with Gasteiger partial charge in [-0.2, -0.15) is 5.26 Å². The Labute approximate surface area is 121 Å². The maximum atomic E-state index is 8.87. The molecule has 1 aliphatic carbocycles. The third-order valence-corrected chi connectivity index (χ3v) is 3.81. The zero-order valence-corrected chi connectivity index (χ0v) is 12.8. The molecule has 0 aliphatic heterocycles. The molecule has 1 fully saturated rings. The Morgan fingerprint density at radius 2 is 2.15 bits per heavy atom. The van der Waals surface area contributed by atoms with Gasteiger partial charge < -0.3 is 10.2 Å². The fourth-order valence-corrected chi connectivity index (χ4v) is 2.21. The van der Waals surface area contributed by atoms with Gasteiger partial charge in [0.15, 0.2) is 0 Å². The number of nitrogens with zero attached hydrogens (tertiary/aromatic N) is 4. The standard InChI is InChI=1S/C15H23N5/c1-5-17-13-11(3)15(20(4)10(2)8-9-16)19-14(18-13)12-6-7-12/h10,12H,5-8H2,1-4H3,(H,17,18,19). The molecule has 0 spiro atoms. The number of hydrogen-bond donors (Lipinski definition) is 1. The number of nitriles is 1. The Bertz CT molecular complexity index is 516. The highest BCUT2D eigenvalue weighted by molar-refractivity contribution is 5.59. The number of rotatable bonds is 6. The van der Waals surface area contributed by atoms with Crippen LogP contribution < -0.4 is 10.2 Å². The summed E-state index contributed by atoms with van der Waals surface area (Å²) in [6, 6.07) is 2.37. The second-order valence-electron chi connectivity index (χ2n) is 5.51. The Morgan fingerprint density at radius 1 is 1.45 bits per heavy atom. The topological polar surface area (TPSA) is 64.8 Å². The Morgan fingerprint density at radius 3 is 2.70 bits per heavy atom. The molecule has 0 aromatic carbocycles. The minimum absolute atomic E-state index is 0.148. The molecule has 1 aliphatic rings. The van der Waals surface area contributed by atoms with Gasteiger partial charge >= 0.3 is 0 Å². The van der Waals surface area contributed by atoms with Gasteiger partial charge in [0.25, 0.3) is 0 Å². The highest BCUT2D eigenvalue weighted by Crippen LogP contribution is 2.40. The van der Waals surface area contributed by atoms with E-state index in [0.29, 0.717) is 12.3 Å². The van der Waals surface area contributed by atoms with Gasteiger partial charge in [-0.25, -0.2) is 9.97 Å². The molecule has 0 radical (unpaired) electrons. The number of aromatic nitrogens is 2. The molecule has 0 bridgehead atoms. The monoisotopic (exact) mass is 273 g/mol. The van der Waals surface area contributed by atoms with Crippen LogP contribution >= 0.6 is 0 Å². The summed E-state index contributed by atoms with van der Waals surface area (Å²) in [7, 11) is 2.00. The summed E-state index contributed by atoms with van der Waals surface area (Å²) in [5, 5.41) is 12.2. The molecule has 20 heavy (non-hydrogen) atoms. The van der Waals surface area contributed by atoms with Crippen molar-refractivity contribution in [1.29, 1.82) is 5.26 Å². The van der Waals surface area contributed by atoms with Gasteiger partial charge in [-0.05, 0) is 33.6 Å². The van der Waals surface area contributed by atoms with E-state index in [1.807, 2.05) is 14.0 Å². The molecule has 1 saturated carbocycles. The van der Waals surface area contributed by atoms with Crippen LogP contribution in [0.2, 0.25) is 0 Å². The number of hydrogen-bond acceptors (Lipinski definition) is 5. The van der Waals surface area contributed by atoms with Crippen LogP contribution in [0.3, 0.4) is 0 Å². The van der Waals surface area contributed by atoms with E-state index in [1.165, 1.54) is 12.8 Å². The van der Waals surface area contributed by atoms with E-state index >= 15 is 0 Å². The molecule has 5 heteroatoms. The summed E-state index contributed by atoms with van der Waals surface area (Å²) in [5.41, 5.74) is 1.06. The van der Waals surface area contributed by atoms with Crippen molar-refractivity contribution in [2.75, 3.05) is 23.8 Å².